The molecule has 1 aromatic heterocycles. The topological polar surface area (TPSA) is 43.8 Å². The van der Waals surface area contributed by atoms with E-state index in [1.807, 2.05) is 37.0 Å². The van der Waals surface area contributed by atoms with Crippen LogP contribution in [0.3, 0.4) is 0 Å². The third kappa shape index (κ3) is 2.70. The fraction of sp³-hybridized carbons (Fsp3) is 0.500. The van der Waals surface area contributed by atoms with Crippen LogP contribution in [0.25, 0.3) is 6.08 Å². The summed E-state index contributed by atoms with van der Waals surface area (Å²) in [7, 11) is 1.93. The Hall–Kier alpha value is -1.09. The Kier molecular flexibility index (Phi) is 3.25. The van der Waals surface area contributed by atoms with Crippen LogP contribution in [0.15, 0.2) is 12.3 Å². The van der Waals surface area contributed by atoms with Gasteiger partial charge in [0.05, 0.1) is 5.69 Å². The molecular weight excluding hydrogens is 162 g/mol. The predicted octanol–water partition coefficient (Wildman–Crippen LogP) is 1.34. The van der Waals surface area contributed by atoms with E-state index in [-0.39, 0.29) is 6.04 Å². The van der Waals surface area contributed by atoms with Gasteiger partial charge in [-0.2, -0.15) is 5.10 Å². The van der Waals surface area contributed by atoms with Crippen LogP contribution >= 0.6 is 0 Å². The molecule has 0 fully saturated rings. The van der Waals surface area contributed by atoms with Crippen molar-refractivity contribution in [3.8, 4) is 0 Å². The Morgan fingerprint density at radius 1 is 1.69 bits per heavy atom. The van der Waals surface area contributed by atoms with E-state index in [0.29, 0.717) is 0 Å². The zero-order valence-corrected chi connectivity index (χ0v) is 8.49. The summed E-state index contributed by atoms with van der Waals surface area (Å²) in [5.41, 5.74) is 7.92. The van der Waals surface area contributed by atoms with Crippen molar-refractivity contribution in [1.82, 2.24) is 9.78 Å². The number of aryl methyl sites for hydroxylation is 2. The fourth-order valence-corrected chi connectivity index (χ4v) is 1.22. The highest BCUT2D eigenvalue weighted by atomic mass is 15.2. The highest BCUT2D eigenvalue weighted by Crippen LogP contribution is 2.09. The summed E-state index contributed by atoms with van der Waals surface area (Å²) in [6.07, 6.45) is 6.99. The SMILES string of the molecule is CCc1nn(C)cc1/C=C/C(C)N. The standard InChI is InChI=1S/C10H17N3/c1-4-10-9(6-5-8(2)11)7-13(3)12-10/h5-8H,4,11H2,1-3H3/b6-5+. The lowest BCUT2D eigenvalue weighted by molar-refractivity contribution is 0.746. The molecule has 72 valence electrons. The van der Waals surface area contributed by atoms with Crippen LogP contribution in [-0.2, 0) is 13.5 Å². The van der Waals surface area contributed by atoms with E-state index < -0.39 is 0 Å². The van der Waals surface area contributed by atoms with Gasteiger partial charge in [0.25, 0.3) is 0 Å². The van der Waals surface area contributed by atoms with E-state index in [1.165, 1.54) is 5.56 Å². The van der Waals surface area contributed by atoms with E-state index >= 15 is 0 Å². The molecule has 13 heavy (non-hydrogen) atoms. The summed E-state index contributed by atoms with van der Waals surface area (Å²) in [5, 5.41) is 4.33. The highest BCUT2D eigenvalue weighted by Gasteiger charge is 2.01. The molecule has 3 nitrogen and oxygen atoms in total. The van der Waals surface area contributed by atoms with Crippen LogP contribution < -0.4 is 5.73 Å². The number of rotatable bonds is 3. The van der Waals surface area contributed by atoms with Crippen molar-refractivity contribution in [2.24, 2.45) is 12.8 Å². The fourth-order valence-electron chi connectivity index (χ4n) is 1.22. The minimum absolute atomic E-state index is 0.102. The van der Waals surface area contributed by atoms with Gasteiger partial charge in [-0.15, -0.1) is 0 Å². The van der Waals surface area contributed by atoms with Gasteiger partial charge >= 0.3 is 0 Å². The Bertz CT molecular complexity index is 297. The van der Waals surface area contributed by atoms with Crippen molar-refractivity contribution >= 4 is 6.08 Å². The molecule has 0 spiro atoms. The Morgan fingerprint density at radius 3 is 2.92 bits per heavy atom. The van der Waals surface area contributed by atoms with Crippen LogP contribution in [0.1, 0.15) is 25.1 Å². The number of aromatic nitrogens is 2. The van der Waals surface area contributed by atoms with Crippen LogP contribution in [0, 0.1) is 0 Å². The molecular formula is C10H17N3. The first-order valence-corrected chi connectivity index (χ1v) is 4.59. The van der Waals surface area contributed by atoms with Crippen LogP contribution in [0.2, 0.25) is 0 Å². The van der Waals surface area contributed by atoms with E-state index in [0.717, 1.165) is 12.1 Å². The normalized spacial score (nSPS) is 13.8. The Balaban J connectivity index is 2.86. The molecule has 0 aliphatic heterocycles. The van der Waals surface area contributed by atoms with Crippen molar-refractivity contribution in [3.63, 3.8) is 0 Å². The number of hydrogen-bond donors (Lipinski definition) is 1. The van der Waals surface area contributed by atoms with Crippen molar-refractivity contribution < 1.29 is 0 Å². The van der Waals surface area contributed by atoms with Crippen LogP contribution in [-0.4, -0.2) is 15.8 Å². The van der Waals surface area contributed by atoms with Crippen molar-refractivity contribution in [3.05, 3.63) is 23.5 Å². The smallest absolute Gasteiger partial charge is 0.0693 e. The van der Waals surface area contributed by atoms with Gasteiger partial charge in [-0.3, -0.25) is 4.68 Å². The lowest BCUT2D eigenvalue weighted by atomic mass is 10.2. The zero-order valence-electron chi connectivity index (χ0n) is 8.49. The molecule has 0 radical (unpaired) electrons. The van der Waals surface area contributed by atoms with Crippen molar-refractivity contribution in [1.29, 1.82) is 0 Å². The molecule has 1 rings (SSSR count). The summed E-state index contributed by atoms with van der Waals surface area (Å²) >= 11 is 0. The first kappa shape index (κ1) is 9.99. The monoisotopic (exact) mass is 179 g/mol. The number of nitrogens with two attached hydrogens (primary N) is 1. The van der Waals surface area contributed by atoms with Crippen LogP contribution in [0.5, 0.6) is 0 Å². The lowest BCUT2D eigenvalue weighted by Crippen LogP contribution is -2.09. The van der Waals surface area contributed by atoms with E-state index in [4.69, 9.17) is 5.73 Å². The molecule has 0 saturated carbocycles. The summed E-state index contributed by atoms with van der Waals surface area (Å²) in [6.45, 7) is 4.06. The molecule has 1 heterocycles. The Labute approximate surface area is 79.2 Å². The zero-order chi connectivity index (χ0) is 9.84. The van der Waals surface area contributed by atoms with E-state index in [1.54, 1.807) is 0 Å². The maximum Gasteiger partial charge on any atom is 0.0693 e. The average Bonchev–Trinajstić information content (AvgIpc) is 2.42. The quantitative estimate of drug-likeness (QED) is 0.761. The third-order valence-electron chi connectivity index (χ3n) is 1.85. The van der Waals surface area contributed by atoms with Gasteiger partial charge in [-0.25, -0.2) is 0 Å². The Morgan fingerprint density at radius 2 is 2.38 bits per heavy atom. The van der Waals surface area contributed by atoms with E-state index in [9.17, 15) is 0 Å². The molecule has 0 aliphatic carbocycles. The molecule has 0 bridgehead atoms. The molecule has 0 aromatic carbocycles. The molecule has 1 atom stereocenters. The summed E-state index contributed by atoms with van der Waals surface area (Å²) in [4.78, 5) is 0. The first-order chi connectivity index (χ1) is 6.13. The lowest BCUT2D eigenvalue weighted by Gasteiger charge is -1.94. The number of nitrogens with zero attached hydrogens (tertiary/aromatic N) is 2. The van der Waals surface area contributed by atoms with Gasteiger partial charge in [-0.1, -0.05) is 19.1 Å². The average molecular weight is 179 g/mol. The van der Waals surface area contributed by atoms with Gasteiger partial charge in [0.2, 0.25) is 0 Å². The van der Waals surface area contributed by atoms with Gasteiger partial charge < -0.3 is 5.73 Å². The maximum atomic E-state index is 5.62. The summed E-state index contributed by atoms with van der Waals surface area (Å²) in [5.74, 6) is 0. The minimum Gasteiger partial charge on any atom is -0.325 e. The maximum absolute atomic E-state index is 5.62. The van der Waals surface area contributed by atoms with Crippen LogP contribution in [0.4, 0.5) is 0 Å². The van der Waals surface area contributed by atoms with Gasteiger partial charge in [0.15, 0.2) is 0 Å². The third-order valence-corrected chi connectivity index (χ3v) is 1.85. The van der Waals surface area contributed by atoms with Gasteiger partial charge in [0, 0.05) is 24.8 Å². The van der Waals surface area contributed by atoms with Crippen molar-refractivity contribution in [2.45, 2.75) is 26.3 Å². The predicted molar refractivity (Wildman–Crippen MR) is 55.3 cm³/mol. The second kappa shape index (κ2) is 4.23. The second-order valence-electron chi connectivity index (χ2n) is 3.28. The molecule has 1 aromatic rings. The molecule has 3 heteroatoms. The minimum atomic E-state index is 0.102. The molecule has 0 aliphatic rings. The summed E-state index contributed by atoms with van der Waals surface area (Å²) in [6, 6.07) is 0.102. The van der Waals surface area contributed by atoms with Crippen molar-refractivity contribution in [2.75, 3.05) is 0 Å². The first-order valence-electron chi connectivity index (χ1n) is 4.59. The van der Waals surface area contributed by atoms with E-state index in [2.05, 4.69) is 12.0 Å². The van der Waals surface area contributed by atoms with Gasteiger partial charge in [0.1, 0.15) is 0 Å². The second-order valence-corrected chi connectivity index (χ2v) is 3.28. The molecule has 1 unspecified atom stereocenters. The molecule has 2 N–H and O–H groups in total. The van der Waals surface area contributed by atoms with Gasteiger partial charge in [-0.05, 0) is 13.3 Å². The molecule has 0 amide bonds. The summed E-state index contributed by atoms with van der Waals surface area (Å²) < 4.78 is 1.83. The molecule has 0 saturated heterocycles. The highest BCUT2D eigenvalue weighted by molar-refractivity contribution is 5.51. The number of hydrogen-bond acceptors (Lipinski definition) is 2. The largest absolute Gasteiger partial charge is 0.325 e.